The van der Waals surface area contributed by atoms with Crippen LogP contribution in [-0.4, -0.2) is 10.5 Å². The lowest BCUT2D eigenvalue weighted by Gasteiger charge is -2.13. The predicted octanol–water partition coefficient (Wildman–Crippen LogP) is 3.78. The third-order valence-corrected chi connectivity index (χ3v) is 1.78. The quantitative estimate of drug-likeness (QED) is 0.368. The van der Waals surface area contributed by atoms with Crippen LogP contribution < -0.4 is 4.74 Å². The minimum Gasteiger partial charge on any atom is -0.420 e. The highest BCUT2D eigenvalue weighted by Crippen LogP contribution is 2.39. The summed E-state index contributed by atoms with van der Waals surface area (Å²) in [5, 5.41) is 10.4. The van der Waals surface area contributed by atoms with Crippen molar-refractivity contribution in [1.82, 2.24) is 0 Å². The van der Waals surface area contributed by atoms with Gasteiger partial charge in [0.1, 0.15) is 11.3 Å². The molecule has 0 aliphatic heterocycles. The van der Waals surface area contributed by atoms with E-state index in [2.05, 4.69) is 16.3 Å². The maximum atomic E-state index is 12.4. The summed E-state index contributed by atoms with van der Waals surface area (Å²) in [5.41, 5.74) is -7.18. The summed E-state index contributed by atoms with van der Waals surface area (Å²) in [6, 6.07) is 1.07. The molecule has 0 saturated heterocycles. The topological polar surface area (TPSA) is 52.4 Å². The van der Waals surface area contributed by atoms with E-state index >= 15 is 0 Å². The number of ether oxygens (including phenoxy) is 1. The number of rotatable bonds is 3. The Morgan fingerprint density at radius 2 is 1.78 bits per heavy atom. The van der Waals surface area contributed by atoms with E-state index in [4.69, 9.17) is 0 Å². The molecule has 1 aromatic rings. The van der Waals surface area contributed by atoms with Gasteiger partial charge in [0.25, 0.3) is 5.69 Å². The average molecular weight is 292 g/mol. The second kappa shape index (κ2) is 4.56. The molecule has 1 aromatic carbocycles. The molecular formula is C8H3ClF5NO3. The van der Waals surface area contributed by atoms with Gasteiger partial charge < -0.3 is 4.74 Å². The highest BCUT2D eigenvalue weighted by molar-refractivity contribution is 6.20. The predicted molar refractivity (Wildman–Crippen MR) is 49.5 cm³/mol. The molecule has 0 aliphatic carbocycles. The molecule has 0 amide bonds. The van der Waals surface area contributed by atoms with Crippen LogP contribution >= 0.6 is 11.6 Å². The van der Waals surface area contributed by atoms with E-state index in [-0.39, 0.29) is 6.07 Å². The molecule has 0 aromatic heterocycles. The van der Waals surface area contributed by atoms with E-state index in [9.17, 15) is 32.1 Å². The lowest BCUT2D eigenvalue weighted by molar-refractivity contribution is -0.388. The molecule has 0 N–H and O–H groups in total. The Kier molecular flexibility index (Phi) is 3.65. The minimum absolute atomic E-state index is 0.0778. The number of hydrogen-bond acceptors (Lipinski definition) is 3. The number of nitro groups is 1. The zero-order chi connectivity index (χ0) is 14.1. The Morgan fingerprint density at radius 1 is 1.22 bits per heavy atom. The molecule has 0 radical (unpaired) electrons. The van der Waals surface area contributed by atoms with E-state index in [1.165, 1.54) is 0 Å². The van der Waals surface area contributed by atoms with E-state index < -0.39 is 33.7 Å². The first-order valence-electron chi connectivity index (χ1n) is 4.12. The molecule has 0 heterocycles. The van der Waals surface area contributed by atoms with E-state index in [0.717, 1.165) is 0 Å². The van der Waals surface area contributed by atoms with E-state index in [0.29, 0.717) is 12.1 Å². The van der Waals surface area contributed by atoms with Gasteiger partial charge in [-0.3, -0.25) is 10.1 Å². The zero-order valence-electron chi connectivity index (χ0n) is 8.17. The number of hydrogen-bond donors (Lipinski definition) is 0. The summed E-state index contributed by atoms with van der Waals surface area (Å²) in [5.74, 6) is -0.937. The largest absolute Gasteiger partial charge is 0.487 e. The van der Waals surface area contributed by atoms with Crippen LogP contribution in [0, 0.1) is 10.1 Å². The van der Waals surface area contributed by atoms with Gasteiger partial charge >= 0.3 is 11.7 Å². The number of nitro benzene ring substituents is 1. The fourth-order valence-electron chi connectivity index (χ4n) is 1.10. The molecule has 0 bridgehead atoms. The molecule has 0 unspecified atom stereocenters. The second-order valence-electron chi connectivity index (χ2n) is 2.98. The zero-order valence-corrected chi connectivity index (χ0v) is 8.93. The summed E-state index contributed by atoms with van der Waals surface area (Å²) >= 11 is 4.37. The van der Waals surface area contributed by atoms with Gasteiger partial charge in [0.2, 0.25) is 0 Å². The maximum absolute atomic E-state index is 12.4. The monoisotopic (exact) mass is 291 g/mol. The van der Waals surface area contributed by atoms with E-state index in [1.807, 2.05) is 0 Å². The fraction of sp³-hybridized carbons (Fsp3) is 0.250. The molecule has 0 atom stereocenters. The van der Waals surface area contributed by atoms with Crippen LogP contribution in [0.1, 0.15) is 5.56 Å². The average Bonchev–Trinajstić information content (AvgIpc) is 2.13. The van der Waals surface area contributed by atoms with Crippen molar-refractivity contribution < 1.29 is 31.6 Å². The first-order valence-corrected chi connectivity index (χ1v) is 4.50. The van der Waals surface area contributed by atoms with Crippen LogP contribution in [0.2, 0.25) is 0 Å². The standard InChI is InChI=1S/C8H3ClF5NO3/c9-8(13,14)18-4-1-2-6(15(16)17)5(3-4)7(10,11)12/h1-3H. The summed E-state index contributed by atoms with van der Waals surface area (Å²) in [6.07, 6.45) is -5.08. The van der Waals surface area contributed by atoms with Crippen LogP contribution in [0.3, 0.4) is 0 Å². The molecule has 0 spiro atoms. The molecule has 1 rings (SSSR count). The number of alkyl halides is 6. The van der Waals surface area contributed by atoms with Crippen molar-refractivity contribution in [3.8, 4) is 5.75 Å². The molecule has 18 heavy (non-hydrogen) atoms. The number of benzene rings is 1. The molecule has 100 valence electrons. The maximum Gasteiger partial charge on any atom is 0.487 e. The Hall–Kier alpha value is -1.64. The third kappa shape index (κ3) is 3.69. The van der Waals surface area contributed by atoms with Crippen molar-refractivity contribution in [1.29, 1.82) is 0 Å². The first-order chi connectivity index (χ1) is 8.00. The third-order valence-electron chi connectivity index (χ3n) is 1.70. The van der Waals surface area contributed by atoms with Crippen LogP contribution in [-0.2, 0) is 6.18 Å². The Balaban J connectivity index is 3.27. The second-order valence-corrected chi connectivity index (χ2v) is 3.42. The van der Waals surface area contributed by atoms with Crippen molar-refractivity contribution in [2.75, 3.05) is 0 Å². The highest BCUT2D eigenvalue weighted by Gasteiger charge is 2.39. The normalized spacial score (nSPS) is 12.3. The lowest BCUT2D eigenvalue weighted by Crippen LogP contribution is -2.16. The Morgan fingerprint density at radius 3 is 2.17 bits per heavy atom. The van der Waals surface area contributed by atoms with Gasteiger partial charge in [-0.25, -0.2) is 0 Å². The number of nitrogens with zero attached hydrogens (tertiary/aromatic N) is 1. The summed E-state index contributed by atoms with van der Waals surface area (Å²) in [4.78, 5) is 9.07. The van der Waals surface area contributed by atoms with Crippen molar-refractivity contribution in [3.63, 3.8) is 0 Å². The SMILES string of the molecule is O=[N+]([O-])c1ccc(OC(F)(F)Cl)cc1C(F)(F)F. The Labute approximate surface area is 101 Å². The van der Waals surface area contributed by atoms with E-state index in [1.54, 1.807) is 0 Å². The first kappa shape index (κ1) is 14.4. The molecule has 10 heteroatoms. The van der Waals surface area contributed by atoms with Crippen molar-refractivity contribution in [2.45, 2.75) is 11.7 Å². The van der Waals surface area contributed by atoms with Crippen LogP contribution in [0.25, 0.3) is 0 Å². The minimum atomic E-state index is -5.08. The van der Waals surface area contributed by atoms with Gasteiger partial charge in [0.05, 0.1) is 4.92 Å². The van der Waals surface area contributed by atoms with Crippen molar-refractivity contribution in [3.05, 3.63) is 33.9 Å². The highest BCUT2D eigenvalue weighted by atomic mass is 35.5. The number of halogens is 6. The van der Waals surface area contributed by atoms with Gasteiger partial charge in [-0.05, 0) is 12.1 Å². The smallest absolute Gasteiger partial charge is 0.420 e. The van der Waals surface area contributed by atoms with Crippen LogP contribution in [0.4, 0.5) is 27.6 Å². The van der Waals surface area contributed by atoms with Gasteiger partial charge in [-0.15, -0.1) is 8.78 Å². The van der Waals surface area contributed by atoms with Gasteiger partial charge in [0.15, 0.2) is 0 Å². The molecule has 0 saturated carbocycles. The molecule has 0 fully saturated rings. The molecule has 0 aliphatic rings. The van der Waals surface area contributed by atoms with Crippen LogP contribution in [0.5, 0.6) is 5.75 Å². The summed E-state index contributed by atoms with van der Waals surface area (Å²) in [7, 11) is 0. The van der Waals surface area contributed by atoms with Crippen molar-refractivity contribution >= 4 is 17.3 Å². The van der Waals surface area contributed by atoms with Crippen molar-refractivity contribution in [2.24, 2.45) is 0 Å². The lowest BCUT2D eigenvalue weighted by atomic mass is 10.1. The summed E-state index contributed by atoms with van der Waals surface area (Å²) < 4.78 is 65.5. The molecular weight excluding hydrogens is 289 g/mol. The van der Waals surface area contributed by atoms with Gasteiger partial charge in [-0.1, -0.05) is 0 Å². The Bertz CT molecular complexity index is 471. The van der Waals surface area contributed by atoms with Crippen LogP contribution in [0.15, 0.2) is 18.2 Å². The fourth-order valence-corrected chi connectivity index (χ4v) is 1.19. The summed E-state index contributed by atoms with van der Waals surface area (Å²) in [6.45, 7) is 0. The van der Waals surface area contributed by atoms with Gasteiger partial charge in [0, 0.05) is 17.7 Å². The molecule has 4 nitrogen and oxygen atoms in total. The van der Waals surface area contributed by atoms with Gasteiger partial charge in [-0.2, -0.15) is 13.2 Å².